The summed E-state index contributed by atoms with van der Waals surface area (Å²) in [6, 6.07) is 9.27. The number of H-pyrrole nitrogens is 1. The predicted molar refractivity (Wildman–Crippen MR) is 119 cm³/mol. The molecule has 0 fully saturated rings. The van der Waals surface area contributed by atoms with Crippen LogP contribution in [0.5, 0.6) is 0 Å². The van der Waals surface area contributed by atoms with Gasteiger partial charge in [-0.1, -0.05) is 26.0 Å². The largest absolute Gasteiger partial charge is 0.431 e. The first-order chi connectivity index (χ1) is 14.7. The van der Waals surface area contributed by atoms with Crippen LogP contribution in [0.1, 0.15) is 68.5 Å². The average molecular weight is 424 g/mol. The number of aromatic amines is 1. The van der Waals surface area contributed by atoms with Gasteiger partial charge in [0.15, 0.2) is 5.69 Å². The number of rotatable bonds is 7. The van der Waals surface area contributed by atoms with Gasteiger partial charge in [0, 0.05) is 22.7 Å². The summed E-state index contributed by atoms with van der Waals surface area (Å²) >= 11 is 0. The van der Waals surface area contributed by atoms with Crippen LogP contribution in [0.4, 0.5) is 0 Å². The van der Waals surface area contributed by atoms with Gasteiger partial charge in [-0.2, -0.15) is 5.10 Å². The van der Waals surface area contributed by atoms with Gasteiger partial charge in [0.25, 0.3) is 11.8 Å². The molecular weight excluding hydrogens is 394 g/mol. The molecule has 1 aromatic carbocycles. The van der Waals surface area contributed by atoms with Crippen LogP contribution in [0.15, 0.2) is 40.9 Å². The second-order valence-corrected chi connectivity index (χ2v) is 8.47. The topological polar surface area (TPSA) is 113 Å². The number of carbonyl (C=O) groups excluding carboxylic acids is 2. The molecule has 0 radical (unpaired) electrons. The van der Waals surface area contributed by atoms with Crippen LogP contribution < -0.4 is 10.6 Å². The summed E-state index contributed by atoms with van der Waals surface area (Å²) in [5.74, 6) is 0.00962. The smallest absolute Gasteiger partial charge is 0.288 e. The summed E-state index contributed by atoms with van der Waals surface area (Å²) in [4.78, 5) is 29.0. The van der Waals surface area contributed by atoms with Crippen LogP contribution in [0.2, 0.25) is 0 Å². The second kappa shape index (κ2) is 9.16. The molecule has 0 atom stereocenters. The number of nitrogens with zero attached hydrogens (tertiary/aromatic N) is 2. The molecule has 0 saturated heterocycles. The zero-order valence-corrected chi connectivity index (χ0v) is 18.6. The maximum absolute atomic E-state index is 12.4. The molecule has 8 heteroatoms. The molecule has 31 heavy (non-hydrogen) atoms. The van der Waals surface area contributed by atoms with E-state index >= 15 is 0 Å². The Hall–Kier alpha value is -3.42. The van der Waals surface area contributed by atoms with Crippen molar-refractivity contribution in [1.82, 2.24) is 25.8 Å². The Morgan fingerprint density at radius 3 is 2.48 bits per heavy atom. The van der Waals surface area contributed by atoms with E-state index in [2.05, 4.69) is 25.8 Å². The molecule has 2 aromatic heterocycles. The van der Waals surface area contributed by atoms with Crippen molar-refractivity contribution in [3.8, 4) is 22.7 Å². The molecule has 8 nitrogen and oxygen atoms in total. The summed E-state index contributed by atoms with van der Waals surface area (Å²) in [5.41, 5.74) is 2.20. The SMILES string of the molecule is CCC(CC)NC(=O)c1cnc(-c2cccc(-c3cc(C(=O)NC(C)(C)C)n[nH]3)c2)o1. The highest BCUT2D eigenvalue weighted by Gasteiger charge is 2.19. The highest BCUT2D eigenvalue weighted by Crippen LogP contribution is 2.26. The van der Waals surface area contributed by atoms with Crippen LogP contribution in [0.3, 0.4) is 0 Å². The summed E-state index contributed by atoms with van der Waals surface area (Å²) in [5, 5.41) is 12.8. The number of benzene rings is 1. The average Bonchev–Trinajstić information content (AvgIpc) is 3.41. The molecule has 164 valence electrons. The Morgan fingerprint density at radius 1 is 1.10 bits per heavy atom. The number of oxazole rings is 1. The number of amides is 2. The van der Waals surface area contributed by atoms with E-state index in [0.717, 1.165) is 24.0 Å². The summed E-state index contributed by atoms with van der Waals surface area (Å²) < 4.78 is 5.70. The second-order valence-electron chi connectivity index (χ2n) is 8.47. The van der Waals surface area contributed by atoms with E-state index in [1.165, 1.54) is 6.20 Å². The fourth-order valence-electron chi connectivity index (χ4n) is 3.07. The van der Waals surface area contributed by atoms with Crippen molar-refractivity contribution in [2.24, 2.45) is 0 Å². The third kappa shape index (κ3) is 5.59. The predicted octanol–water partition coefficient (Wildman–Crippen LogP) is 4.18. The molecule has 0 bridgehead atoms. The molecular formula is C23H29N5O3. The van der Waals surface area contributed by atoms with Crippen LogP contribution in [-0.2, 0) is 0 Å². The Labute approximate surface area is 181 Å². The minimum atomic E-state index is -0.348. The third-order valence-electron chi connectivity index (χ3n) is 4.77. The zero-order valence-electron chi connectivity index (χ0n) is 18.6. The minimum absolute atomic E-state index is 0.106. The lowest BCUT2D eigenvalue weighted by molar-refractivity contribution is 0.0902. The van der Waals surface area contributed by atoms with Gasteiger partial charge in [-0.3, -0.25) is 14.7 Å². The monoisotopic (exact) mass is 423 g/mol. The van der Waals surface area contributed by atoms with E-state index < -0.39 is 0 Å². The first-order valence-corrected chi connectivity index (χ1v) is 10.5. The van der Waals surface area contributed by atoms with Crippen LogP contribution >= 0.6 is 0 Å². The molecule has 3 N–H and O–H groups in total. The maximum Gasteiger partial charge on any atom is 0.288 e. The normalized spacial score (nSPS) is 11.5. The van der Waals surface area contributed by atoms with Gasteiger partial charge in [-0.05, 0) is 51.8 Å². The molecule has 0 unspecified atom stereocenters. The number of hydrogen-bond donors (Lipinski definition) is 3. The molecule has 0 aliphatic heterocycles. The standard InChI is InChI=1S/C23H29N5O3/c1-6-16(7-2)25-21(30)19-13-24-22(31-19)15-10-8-9-14(11-15)17-12-18(28-27-17)20(29)26-23(3,4)5/h8-13,16H,6-7H2,1-5H3,(H,25,30)(H,26,29)(H,27,28). The maximum atomic E-state index is 12.4. The van der Waals surface area contributed by atoms with E-state index in [1.807, 2.05) is 58.9 Å². The Kier molecular flexibility index (Phi) is 6.58. The molecule has 3 aromatic rings. The lowest BCUT2D eigenvalue weighted by Crippen LogP contribution is -2.40. The van der Waals surface area contributed by atoms with Crippen molar-refractivity contribution < 1.29 is 14.0 Å². The lowest BCUT2D eigenvalue weighted by Gasteiger charge is -2.19. The Morgan fingerprint density at radius 2 is 1.81 bits per heavy atom. The van der Waals surface area contributed by atoms with Crippen molar-refractivity contribution >= 4 is 11.8 Å². The van der Waals surface area contributed by atoms with E-state index in [4.69, 9.17) is 4.42 Å². The Balaban J connectivity index is 1.78. The van der Waals surface area contributed by atoms with Gasteiger partial charge < -0.3 is 15.1 Å². The molecule has 3 rings (SSSR count). The first kappa shape index (κ1) is 22.3. The number of carbonyl (C=O) groups is 2. The van der Waals surface area contributed by atoms with Gasteiger partial charge in [-0.15, -0.1) is 0 Å². The quantitative estimate of drug-likeness (QED) is 0.528. The van der Waals surface area contributed by atoms with E-state index in [1.54, 1.807) is 6.07 Å². The number of nitrogens with one attached hydrogen (secondary N) is 3. The fraction of sp³-hybridized carbons (Fsp3) is 0.391. The van der Waals surface area contributed by atoms with Gasteiger partial charge in [0.1, 0.15) is 0 Å². The van der Waals surface area contributed by atoms with Gasteiger partial charge in [0.05, 0.1) is 11.9 Å². The number of hydrogen-bond acceptors (Lipinski definition) is 5. The van der Waals surface area contributed by atoms with Crippen LogP contribution in [-0.4, -0.2) is 38.6 Å². The highest BCUT2D eigenvalue weighted by atomic mass is 16.4. The highest BCUT2D eigenvalue weighted by molar-refractivity contribution is 5.94. The lowest BCUT2D eigenvalue weighted by atomic mass is 10.1. The fourth-order valence-corrected chi connectivity index (χ4v) is 3.07. The molecule has 0 aliphatic rings. The van der Waals surface area contributed by atoms with Crippen molar-refractivity contribution in [2.75, 3.05) is 0 Å². The Bertz CT molecular complexity index is 1060. The van der Waals surface area contributed by atoms with Crippen LogP contribution in [0.25, 0.3) is 22.7 Å². The van der Waals surface area contributed by atoms with Crippen molar-refractivity contribution in [3.05, 3.63) is 48.0 Å². The number of aromatic nitrogens is 3. The zero-order chi connectivity index (χ0) is 22.6. The van der Waals surface area contributed by atoms with Crippen molar-refractivity contribution in [1.29, 1.82) is 0 Å². The molecule has 0 aliphatic carbocycles. The molecule has 2 amide bonds. The van der Waals surface area contributed by atoms with Gasteiger partial charge in [-0.25, -0.2) is 4.98 Å². The summed E-state index contributed by atoms with van der Waals surface area (Å²) in [6.45, 7) is 9.80. The van der Waals surface area contributed by atoms with Gasteiger partial charge in [0.2, 0.25) is 11.7 Å². The van der Waals surface area contributed by atoms with Crippen molar-refractivity contribution in [3.63, 3.8) is 0 Å². The van der Waals surface area contributed by atoms with E-state index in [0.29, 0.717) is 17.3 Å². The minimum Gasteiger partial charge on any atom is -0.431 e. The molecule has 0 saturated carbocycles. The van der Waals surface area contributed by atoms with Crippen molar-refractivity contribution in [2.45, 2.75) is 59.0 Å². The van der Waals surface area contributed by atoms with E-state index in [9.17, 15) is 9.59 Å². The molecule has 2 heterocycles. The van der Waals surface area contributed by atoms with Gasteiger partial charge >= 0.3 is 0 Å². The summed E-state index contributed by atoms with van der Waals surface area (Å²) in [7, 11) is 0. The molecule has 0 spiro atoms. The third-order valence-corrected chi connectivity index (χ3v) is 4.77. The first-order valence-electron chi connectivity index (χ1n) is 10.5. The summed E-state index contributed by atoms with van der Waals surface area (Å²) in [6.07, 6.45) is 3.14. The van der Waals surface area contributed by atoms with E-state index in [-0.39, 0.29) is 29.2 Å². The van der Waals surface area contributed by atoms with Crippen LogP contribution in [0, 0.1) is 0 Å².